The monoisotopic (exact) mass is 293 g/mol. The Labute approximate surface area is 122 Å². The van der Waals surface area contributed by atoms with Crippen molar-refractivity contribution in [1.82, 2.24) is 5.32 Å². The van der Waals surface area contributed by atoms with E-state index in [0.717, 1.165) is 17.2 Å². The summed E-state index contributed by atoms with van der Waals surface area (Å²) in [6, 6.07) is 7.79. The zero-order valence-electron chi connectivity index (χ0n) is 12.1. The van der Waals surface area contributed by atoms with E-state index in [9.17, 15) is 13.2 Å². The first-order valence-electron chi connectivity index (χ1n) is 6.94. The maximum absolute atomic E-state index is 13.4. The summed E-state index contributed by atoms with van der Waals surface area (Å²) in [5, 5.41) is 3.19. The molecule has 0 bridgehead atoms. The lowest BCUT2D eigenvalue weighted by atomic mass is 9.95. The maximum atomic E-state index is 13.4. The average molecular weight is 293 g/mol. The van der Waals surface area contributed by atoms with Gasteiger partial charge in [-0.25, -0.2) is 13.2 Å². The highest BCUT2D eigenvalue weighted by molar-refractivity contribution is 5.30. The molecule has 0 aliphatic carbocycles. The zero-order valence-corrected chi connectivity index (χ0v) is 12.1. The quantitative estimate of drug-likeness (QED) is 0.866. The van der Waals surface area contributed by atoms with Gasteiger partial charge in [-0.1, -0.05) is 13.0 Å². The molecule has 0 saturated heterocycles. The fraction of sp³-hybridized carbons (Fsp3) is 0.294. The Balaban J connectivity index is 2.32. The summed E-state index contributed by atoms with van der Waals surface area (Å²) >= 11 is 0. The predicted octanol–water partition coefficient (Wildman–Crippen LogP) is 4.31. The summed E-state index contributed by atoms with van der Waals surface area (Å²) in [6.07, 6.45) is 0.473. The molecule has 21 heavy (non-hydrogen) atoms. The van der Waals surface area contributed by atoms with Gasteiger partial charge in [-0.15, -0.1) is 0 Å². The van der Waals surface area contributed by atoms with Gasteiger partial charge in [0.1, 0.15) is 17.5 Å². The third kappa shape index (κ3) is 4.08. The molecule has 2 aromatic carbocycles. The number of nitrogens with one attached hydrogen (secondary N) is 1. The lowest BCUT2D eigenvalue weighted by Gasteiger charge is -2.20. The van der Waals surface area contributed by atoms with Crippen LogP contribution < -0.4 is 5.32 Å². The van der Waals surface area contributed by atoms with Gasteiger partial charge < -0.3 is 5.32 Å². The number of hydrogen-bond acceptors (Lipinski definition) is 1. The predicted molar refractivity (Wildman–Crippen MR) is 77.6 cm³/mol. The summed E-state index contributed by atoms with van der Waals surface area (Å²) < 4.78 is 40.1. The van der Waals surface area contributed by atoms with Crippen molar-refractivity contribution in [2.75, 3.05) is 6.54 Å². The molecule has 112 valence electrons. The van der Waals surface area contributed by atoms with Gasteiger partial charge >= 0.3 is 0 Å². The van der Waals surface area contributed by atoms with Gasteiger partial charge in [-0.05, 0) is 60.8 Å². The molecule has 1 atom stereocenters. The number of halogens is 3. The maximum Gasteiger partial charge on any atom is 0.126 e. The molecule has 1 nitrogen and oxygen atoms in total. The molecule has 1 N–H and O–H groups in total. The van der Waals surface area contributed by atoms with Gasteiger partial charge in [0.25, 0.3) is 0 Å². The van der Waals surface area contributed by atoms with Crippen LogP contribution in [-0.2, 0) is 6.42 Å². The summed E-state index contributed by atoms with van der Waals surface area (Å²) in [4.78, 5) is 0. The Kier molecular flexibility index (Phi) is 5.02. The van der Waals surface area contributed by atoms with Gasteiger partial charge in [0, 0.05) is 12.1 Å². The van der Waals surface area contributed by atoms with Crippen molar-refractivity contribution in [2.24, 2.45) is 0 Å². The number of hydrogen-bond donors (Lipinski definition) is 1. The molecule has 0 fully saturated rings. The number of benzene rings is 2. The first-order chi connectivity index (χ1) is 9.99. The van der Waals surface area contributed by atoms with Gasteiger partial charge in [0.15, 0.2) is 0 Å². The van der Waals surface area contributed by atoms with Crippen LogP contribution in [0.2, 0.25) is 0 Å². The molecule has 2 rings (SSSR count). The van der Waals surface area contributed by atoms with E-state index in [0.29, 0.717) is 18.5 Å². The Morgan fingerprint density at radius 1 is 0.952 bits per heavy atom. The van der Waals surface area contributed by atoms with Crippen molar-refractivity contribution in [1.29, 1.82) is 0 Å². The van der Waals surface area contributed by atoms with Crippen LogP contribution >= 0.6 is 0 Å². The van der Waals surface area contributed by atoms with Gasteiger partial charge in [0.05, 0.1) is 0 Å². The molecule has 0 aliphatic heterocycles. The van der Waals surface area contributed by atoms with E-state index in [1.54, 1.807) is 6.07 Å². The smallest absolute Gasteiger partial charge is 0.126 e. The van der Waals surface area contributed by atoms with Crippen LogP contribution in [0.15, 0.2) is 36.4 Å². The van der Waals surface area contributed by atoms with Crippen molar-refractivity contribution in [3.05, 3.63) is 70.5 Å². The van der Waals surface area contributed by atoms with Gasteiger partial charge in [-0.3, -0.25) is 0 Å². The molecule has 0 aromatic heterocycles. The minimum absolute atomic E-state index is 0.263. The molecule has 0 saturated carbocycles. The number of likely N-dealkylation sites (N-methyl/N-ethyl adjacent to an activating group) is 1. The van der Waals surface area contributed by atoms with Crippen molar-refractivity contribution in [3.8, 4) is 0 Å². The highest BCUT2D eigenvalue weighted by Gasteiger charge is 2.15. The molecule has 0 radical (unpaired) electrons. The average Bonchev–Trinajstić information content (AvgIpc) is 2.41. The Bertz CT molecular complexity index is 605. The first-order valence-corrected chi connectivity index (χ1v) is 6.94. The topological polar surface area (TPSA) is 12.0 Å². The zero-order chi connectivity index (χ0) is 15.4. The second kappa shape index (κ2) is 6.76. The van der Waals surface area contributed by atoms with Gasteiger partial charge in [0.2, 0.25) is 0 Å². The molecule has 0 aliphatic rings. The number of rotatable bonds is 5. The molecule has 2 aromatic rings. The van der Waals surface area contributed by atoms with Crippen LogP contribution in [0, 0.1) is 24.4 Å². The highest BCUT2D eigenvalue weighted by Crippen LogP contribution is 2.23. The second-order valence-corrected chi connectivity index (χ2v) is 5.09. The molecular weight excluding hydrogens is 275 g/mol. The van der Waals surface area contributed by atoms with Crippen molar-refractivity contribution in [2.45, 2.75) is 26.3 Å². The van der Waals surface area contributed by atoms with Crippen LogP contribution in [0.3, 0.4) is 0 Å². The van der Waals surface area contributed by atoms with E-state index in [2.05, 4.69) is 5.32 Å². The SMILES string of the molecule is CCNC(Cc1cc(F)ccc1C)c1cc(F)cc(F)c1. The third-order valence-electron chi connectivity index (χ3n) is 3.47. The highest BCUT2D eigenvalue weighted by atomic mass is 19.1. The van der Waals surface area contributed by atoms with Crippen LogP contribution in [0.25, 0.3) is 0 Å². The van der Waals surface area contributed by atoms with E-state index < -0.39 is 11.6 Å². The molecular formula is C17H18F3N. The summed E-state index contributed by atoms with van der Waals surface area (Å²) in [5.41, 5.74) is 2.31. The van der Waals surface area contributed by atoms with Crippen molar-refractivity contribution >= 4 is 0 Å². The van der Waals surface area contributed by atoms with E-state index >= 15 is 0 Å². The molecule has 0 heterocycles. The summed E-state index contributed by atoms with van der Waals surface area (Å²) in [7, 11) is 0. The van der Waals surface area contributed by atoms with Crippen LogP contribution in [0.5, 0.6) is 0 Å². The Hall–Kier alpha value is -1.81. The fourth-order valence-electron chi connectivity index (χ4n) is 2.41. The van der Waals surface area contributed by atoms with Crippen molar-refractivity contribution in [3.63, 3.8) is 0 Å². The van der Waals surface area contributed by atoms with Gasteiger partial charge in [-0.2, -0.15) is 0 Å². The molecule has 4 heteroatoms. The summed E-state index contributed by atoms with van der Waals surface area (Å²) in [6.45, 7) is 4.46. The van der Waals surface area contributed by atoms with Crippen LogP contribution in [0.4, 0.5) is 13.2 Å². The third-order valence-corrected chi connectivity index (χ3v) is 3.47. The fourth-order valence-corrected chi connectivity index (χ4v) is 2.41. The standard InChI is InChI=1S/C17H18F3N/c1-3-21-17(13-7-15(19)10-16(20)8-13)9-12-6-14(18)5-4-11(12)2/h4-8,10,17,21H,3,9H2,1-2H3. The van der Waals surface area contributed by atoms with E-state index in [1.807, 2.05) is 13.8 Å². The minimum atomic E-state index is -0.608. The van der Waals surface area contributed by atoms with Crippen LogP contribution in [-0.4, -0.2) is 6.54 Å². The number of aryl methyl sites for hydroxylation is 1. The normalized spacial score (nSPS) is 12.4. The van der Waals surface area contributed by atoms with Crippen LogP contribution in [0.1, 0.15) is 29.7 Å². The second-order valence-electron chi connectivity index (χ2n) is 5.09. The molecule has 0 amide bonds. The van der Waals surface area contributed by atoms with E-state index in [-0.39, 0.29) is 11.9 Å². The first kappa shape index (κ1) is 15.6. The Morgan fingerprint density at radius 3 is 2.24 bits per heavy atom. The summed E-state index contributed by atoms with van der Waals surface area (Å²) in [5.74, 6) is -1.52. The molecule has 0 spiro atoms. The lowest BCUT2D eigenvalue weighted by Crippen LogP contribution is -2.23. The van der Waals surface area contributed by atoms with Crippen molar-refractivity contribution < 1.29 is 13.2 Å². The van der Waals surface area contributed by atoms with E-state index in [1.165, 1.54) is 24.3 Å². The largest absolute Gasteiger partial charge is 0.310 e. The lowest BCUT2D eigenvalue weighted by molar-refractivity contribution is 0.526. The van der Waals surface area contributed by atoms with E-state index in [4.69, 9.17) is 0 Å². The Morgan fingerprint density at radius 2 is 1.62 bits per heavy atom. The molecule has 1 unspecified atom stereocenters. The minimum Gasteiger partial charge on any atom is -0.310 e.